The zero-order valence-corrected chi connectivity index (χ0v) is 32.6. The van der Waals surface area contributed by atoms with Gasteiger partial charge in [-0.2, -0.15) is 0 Å². The molecule has 0 spiro atoms. The molecular formula is C51H36N4S2. The van der Waals surface area contributed by atoms with Crippen LogP contribution < -0.4 is 10.6 Å². The molecule has 0 bridgehead atoms. The van der Waals surface area contributed by atoms with Gasteiger partial charge in [-0.1, -0.05) is 121 Å². The highest BCUT2D eigenvalue weighted by Gasteiger charge is 2.26. The fourth-order valence-electron chi connectivity index (χ4n) is 9.04. The third kappa shape index (κ3) is 5.40. The van der Waals surface area contributed by atoms with Crippen molar-refractivity contribution in [2.24, 2.45) is 4.99 Å². The predicted molar refractivity (Wildman–Crippen MR) is 243 cm³/mol. The van der Waals surface area contributed by atoms with E-state index in [1.54, 1.807) is 0 Å². The molecule has 12 rings (SSSR count). The zero-order valence-electron chi connectivity index (χ0n) is 30.9. The van der Waals surface area contributed by atoms with E-state index in [9.17, 15) is 0 Å². The van der Waals surface area contributed by atoms with Gasteiger partial charge in [-0.15, -0.1) is 22.7 Å². The summed E-state index contributed by atoms with van der Waals surface area (Å²) in [6.07, 6.45) is 6.54. The molecule has 4 heterocycles. The Labute approximate surface area is 338 Å². The second-order valence-corrected chi connectivity index (χ2v) is 17.2. The number of aryl methyl sites for hydroxylation is 1. The molecule has 10 aromatic rings. The van der Waals surface area contributed by atoms with Gasteiger partial charge in [0.2, 0.25) is 0 Å². The van der Waals surface area contributed by atoms with E-state index in [1.807, 2.05) is 28.7 Å². The normalized spacial score (nSPS) is 16.7. The minimum Gasteiger partial charge on any atom is -0.350 e. The number of aliphatic imine (C=N–C) groups is 1. The Morgan fingerprint density at radius 3 is 2.26 bits per heavy atom. The molecule has 0 fully saturated rings. The Kier molecular flexibility index (Phi) is 7.58. The number of benzene rings is 7. The lowest BCUT2D eigenvalue weighted by molar-refractivity contribution is 0.409. The van der Waals surface area contributed by atoms with Crippen molar-refractivity contribution in [3.05, 3.63) is 192 Å². The molecule has 0 amide bonds. The number of fused-ring (bicyclic) bond motifs is 9. The average Bonchev–Trinajstić information content (AvgIpc) is 3.95. The largest absolute Gasteiger partial charge is 0.350 e. The van der Waals surface area contributed by atoms with Crippen LogP contribution in [0.2, 0.25) is 0 Å². The average molecular weight is 769 g/mol. The molecule has 1 aliphatic heterocycles. The Balaban J connectivity index is 0.944. The first-order valence-corrected chi connectivity index (χ1v) is 21.3. The summed E-state index contributed by atoms with van der Waals surface area (Å²) in [4.78, 5) is 5.13. The van der Waals surface area contributed by atoms with Gasteiger partial charge in [0.15, 0.2) is 0 Å². The lowest BCUT2D eigenvalue weighted by Gasteiger charge is -2.32. The van der Waals surface area contributed by atoms with Gasteiger partial charge in [-0.05, 0) is 89.2 Å². The quantitative estimate of drug-likeness (QED) is 0.183. The highest BCUT2D eigenvalue weighted by atomic mass is 32.1. The summed E-state index contributed by atoms with van der Waals surface area (Å²) in [5.41, 5.74) is 11.2. The topological polar surface area (TPSA) is 41.4 Å². The maximum absolute atomic E-state index is 5.13. The van der Waals surface area contributed by atoms with Gasteiger partial charge in [0.25, 0.3) is 0 Å². The highest BCUT2D eigenvalue weighted by molar-refractivity contribution is 7.26. The molecular weight excluding hydrogens is 733 g/mol. The monoisotopic (exact) mass is 768 g/mol. The van der Waals surface area contributed by atoms with Crippen molar-refractivity contribution in [3.8, 4) is 16.8 Å². The van der Waals surface area contributed by atoms with Gasteiger partial charge < -0.3 is 9.88 Å². The fourth-order valence-corrected chi connectivity index (χ4v) is 11.4. The summed E-state index contributed by atoms with van der Waals surface area (Å²) in [5, 5.41) is 14.1. The Morgan fingerprint density at radius 1 is 0.579 bits per heavy atom. The zero-order chi connectivity index (χ0) is 37.5. The minimum absolute atomic E-state index is 0.117. The van der Waals surface area contributed by atoms with E-state index in [0.29, 0.717) is 0 Å². The number of para-hydroxylation sites is 1. The maximum atomic E-state index is 5.13. The van der Waals surface area contributed by atoms with E-state index in [4.69, 9.17) is 4.99 Å². The van der Waals surface area contributed by atoms with Crippen LogP contribution in [0, 0.1) is 0 Å². The van der Waals surface area contributed by atoms with Gasteiger partial charge in [-0.25, -0.2) is 4.99 Å². The number of aromatic nitrogens is 1. The van der Waals surface area contributed by atoms with Crippen LogP contribution in [0.3, 0.4) is 0 Å². The highest BCUT2D eigenvalue weighted by Crippen LogP contribution is 2.44. The number of hydrogen-bond donors (Lipinski definition) is 2. The van der Waals surface area contributed by atoms with E-state index in [1.165, 1.54) is 84.9 Å². The molecule has 2 aliphatic rings. The van der Waals surface area contributed by atoms with Crippen molar-refractivity contribution in [2.75, 3.05) is 0 Å². The molecule has 1 aliphatic carbocycles. The van der Waals surface area contributed by atoms with Crippen molar-refractivity contribution >= 4 is 85.8 Å². The molecule has 57 heavy (non-hydrogen) atoms. The van der Waals surface area contributed by atoms with Gasteiger partial charge >= 0.3 is 0 Å². The minimum atomic E-state index is -0.170. The summed E-state index contributed by atoms with van der Waals surface area (Å²) in [6.45, 7) is 0. The number of rotatable bonds is 5. The van der Waals surface area contributed by atoms with Crippen molar-refractivity contribution in [1.82, 2.24) is 15.2 Å². The van der Waals surface area contributed by atoms with Crippen LogP contribution >= 0.6 is 22.7 Å². The molecule has 0 saturated heterocycles. The van der Waals surface area contributed by atoms with E-state index in [0.717, 1.165) is 29.8 Å². The second kappa shape index (κ2) is 13.1. The van der Waals surface area contributed by atoms with Crippen molar-refractivity contribution in [3.63, 3.8) is 0 Å². The van der Waals surface area contributed by atoms with Crippen LogP contribution in [0.1, 0.15) is 46.7 Å². The summed E-state index contributed by atoms with van der Waals surface area (Å²) < 4.78 is 7.70. The first-order valence-electron chi connectivity index (χ1n) is 19.7. The molecule has 0 radical (unpaired) electrons. The van der Waals surface area contributed by atoms with E-state index in [2.05, 4.69) is 179 Å². The number of nitrogens with zero attached hydrogens (tertiary/aromatic N) is 2. The number of allylic oxidation sites excluding steroid dienone is 1. The van der Waals surface area contributed by atoms with E-state index in [-0.39, 0.29) is 12.3 Å². The second-order valence-electron chi connectivity index (χ2n) is 15.1. The van der Waals surface area contributed by atoms with Crippen LogP contribution in [-0.2, 0) is 6.42 Å². The van der Waals surface area contributed by atoms with Gasteiger partial charge in [0.1, 0.15) is 18.2 Å². The van der Waals surface area contributed by atoms with Crippen LogP contribution in [-0.4, -0.2) is 10.4 Å². The van der Waals surface area contributed by atoms with Crippen LogP contribution in [0.4, 0.5) is 0 Å². The van der Waals surface area contributed by atoms with Gasteiger partial charge in [0.05, 0.1) is 5.52 Å². The lowest BCUT2D eigenvalue weighted by atomic mass is 9.99. The SMILES string of the molecule is C1=Cc2c(c3ccccc3n2-c2ccc3c(c2)sc2c(-c4ccc5sc6ccc(C7NC(c8ccccc8)=NC(c8ccccc8)N7)cc6c5c4)cccc23)CC1. The van der Waals surface area contributed by atoms with Gasteiger partial charge in [0, 0.05) is 62.7 Å². The molecule has 4 nitrogen and oxygen atoms in total. The molecule has 2 N–H and O–H groups in total. The molecule has 3 aromatic heterocycles. The molecule has 2 atom stereocenters. The van der Waals surface area contributed by atoms with Crippen molar-refractivity contribution < 1.29 is 0 Å². The fraction of sp³-hybridized carbons (Fsp3) is 0.0784. The number of hydrogen-bond acceptors (Lipinski definition) is 5. The third-order valence-electron chi connectivity index (χ3n) is 11.8. The molecule has 6 heteroatoms. The molecule has 7 aromatic carbocycles. The first-order chi connectivity index (χ1) is 28.2. The standard InChI is InChI=1S/C51H36N4S2/c1-3-12-31(13-4-1)49-52-50(32-14-5-2-6-15-32)54-51(53-49)34-23-27-46-42(29-34)41-28-33(22-26-45(41)56-46)36-18-11-19-40-39-25-24-35(30-47(39)57-48(36)40)55-43-20-9-7-16-37(43)38-17-8-10-21-44(38)55/h1-7,9-16,18-30,49,51,53H,8,17H2,(H,52,54). The lowest BCUT2D eigenvalue weighted by Crippen LogP contribution is -2.44. The summed E-state index contributed by atoms with van der Waals surface area (Å²) >= 11 is 3.77. The Bertz CT molecular complexity index is 3260. The molecule has 2 unspecified atom stereocenters. The summed E-state index contributed by atoms with van der Waals surface area (Å²) in [5.74, 6) is 0.896. The smallest absolute Gasteiger partial charge is 0.131 e. The summed E-state index contributed by atoms with van der Waals surface area (Å²) in [6, 6.07) is 57.6. The summed E-state index contributed by atoms with van der Waals surface area (Å²) in [7, 11) is 0. The molecule has 272 valence electrons. The van der Waals surface area contributed by atoms with Crippen molar-refractivity contribution in [1.29, 1.82) is 0 Å². The maximum Gasteiger partial charge on any atom is 0.131 e. The van der Waals surface area contributed by atoms with Crippen LogP contribution in [0.25, 0.3) is 74.1 Å². The Morgan fingerprint density at radius 2 is 1.37 bits per heavy atom. The van der Waals surface area contributed by atoms with Gasteiger partial charge in [-0.3, -0.25) is 5.32 Å². The third-order valence-corrected chi connectivity index (χ3v) is 14.1. The number of thiophene rings is 2. The van der Waals surface area contributed by atoms with Crippen LogP contribution in [0.5, 0.6) is 0 Å². The van der Waals surface area contributed by atoms with E-state index >= 15 is 0 Å². The first kappa shape index (κ1) is 32.9. The predicted octanol–water partition coefficient (Wildman–Crippen LogP) is 13.3. The molecule has 0 saturated carbocycles. The number of nitrogens with one attached hydrogen (secondary N) is 2. The van der Waals surface area contributed by atoms with Crippen LogP contribution in [0.15, 0.2) is 169 Å². The number of amidine groups is 1. The van der Waals surface area contributed by atoms with E-state index < -0.39 is 0 Å². The van der Waals surface area contributed by atoms with Crippen molar-refractivity contribution in [2.45, 2.75) is 25.2 Å². The Hall–Kier alpha value is -6.31.